The standard InChI is InChI=1S/C20H26ClN5O/c1-13-22-18(12-19(23-13)26(2)3)24-16-8-10-17(11-9-16)25-20(27)14-4-6-15(21)7-5-14/h4-7,12,16-17H,8-11H2,1-3H3,(H,25,27)(H,22,23,24)/t16-,17+. The van der Waals surface area contributed by atoms with Crippen LogP contribution in [0.5, 0.6) is 0 Å². The van der Waals surface area contributed by atoms with Crippen molar-refractivity contribution in [1.29, 1.82) is 0 Å². The number of nitrogens with zero attached hydrogens (tertiary/aromatic N) is 3. The third-order valence-corrected chi connectivity index (χ3v) is 5.06. The molecule has 144 valence electrons. The number of amides is 1. The lowest BCUT2D eigenvalue weighted by molar-refractivity contribution is 0.0926. The van der Waals surface area contributed by atoms with Crippen molar-refractivity contribution in [3.63, 3.8) is 0 Å². The van der Waals surface area contributed by atoms with Crippen LogP contribution in [0.25, 0.3) is 0 Å². The number of aryl methyl sites for hydroxylation is 1. The topological polar surface area (TPSA) is 70.2 Å². The van der Waals surface area contributed by atoms with E-state index < -0.39 is 0 Å². The number of rotatable bonds is 5. The molecule has 0 bridgehead atoms. The molecule has 3 rings (SSSR count). The lowest BCUT2D eigenvalue weighted by Gasteiger charge is -2.30. The van der Waals surface area contributed by atoms with Gasteiger partial charge in [0.15, 0.2) is 0 Å². The molecule has 1 saturated carbocycles. The Balaban J connectivity index is 1.52. The van der Waals surface area contributed by atoms with Gasteiger partial charge in [-0.25, -0.2) is 9.97 Å². The maximum Gasteiger partial charge on any atom is 0.251 e. The molecule has 0 saturated heterocycles. The van der Waals surface area contributed by atoms with Gasteiger partial charge < -0.3 is 15.5 Å². The Hall–Kier alpha value is -2.34. The summed E-state index contributed by atoms with van der Waals surface area (Å²) >= 11 is 5.88. The maximum atomic E-state index is 12.3. The normalized spacial score (nSPS) is 19.4. The van der Waals surface area contributed by atoms with E-state index in [1.807, 2.05) is 32.0 Å². The van der Waals surface area contributed by atoms with Crippen molar-refractivity contribution in [2.75, 3.05) is 24.3 Å². The molecule has 2 aromatic rings. The molecule has 1 aromatic heterocycles. The van der Waals surface area contributed by atoms with Crippen molar-refractivity contribution in [2.24, 2.45) is 0 Å². The van der Waals surface area contributed by atoms with Crippen LogP contribution in [0.15, 0.2) is 30.3 Å². The fourth-order valence-corrected chi connectivity index (χ4v) is 3.44. The van der Waals surface area contributed by atoms with Gasteiger partial charge in [-0.15, -0.1) is 0 Å². The molecule has 1 aliphatic carbocycles. The van der Waals surface area contributed by atoms with Crippen molar-refractivity contribution in [3.05, 3.63) is 46.7 Å². The van der Waals surface area contributed by atoms with E-state index in [2.05, 4.69) is 20.6 Å². The summed E-state index contributed by atoms with van der Waals surface area (Å²) in [5.74, 6) is 2.48. The summed E-state index contributed by atoms with van der Waals surface area (Å²) in [6.45, 7) is 1.90. The number of aromatic nitrogens is 2. The van der Waals surface area contributed by atoms with Crippen LogP contribution >= 0.6 is 11.6 Å². The molecule has 6 nitrogen and oxygen atoms in total. The van der Waals surface area contributed by atoms with E-state index in [-0.39, 0.29) is 11.9 Å². The van der Waals surface area contributed by atoms with Crippen molar-refractivity contribution in [3.8, 4) is 0 Å². The molecular weight excluding hydrogens is 362 g/mol. The van der Waals surface area contributed by atoms with Crippen LogP contribution in [0.4, 0.5) is 11.6 Å². The fourth-order valence-electron chi connectivity index (χ4n) is 3.32. The van der Waals surface area contributed by atoms with E-state index >= 15 is 0 Å². The zero-order valence-corrected chi connectivity index (χ0v) is 16.8. The number of carbonyl (C=O) groups is 1. The minimum atomic E-state index is -0.0369. The first-order valence-electron chi connectivity index (χ1n) is 9.26. The Labute approximate surface area is 165 Å². The number of carbonyl (C=O) groups excluding carboxylic acids is 1. The van der Waals surface area contributed by atoms with Crippen molar-refractivity contribution in [1.82, 2.24) is 15.3 Å². The molecule has 27 heavy (non-hydrogen) atoms. The molecule has 0 spiro atoms. The molecule has 0 atom stereocenters. The van der Waals surface area contributed by atoms with Gasteiger partial charge in [-0.2, -0.15) is 0 Å². The number of hydrogen-bond acceptors (Lipinski definition) is 5. The molecule has 2 N–H and O–H groups in total. The van der Waals surface area contributed by atoms with Crippen LogP contribution in [0.1, 0.15) is 41.9 Å². The van der Waals surface area contributed by atoms with Crippen LogP contribution < -0.4 is 15.5 Å². The van der Waals surface area contributed by atoms with E-state index in [0.717, 1.165) is 43.1 Å². The van der Waals surface area contributed by atoms with Crippen LogP contribution in [0.3, 0.4) is 0 Å². The van der Waals surface area contributed by atoms with Gasteiger partial charge in [-0.1, -0.05) is 11.6 Å². The summed E-state index contributed by atoms with van der Waals surface area (Å²) in [7, 11) is 3.94. The molecule has 7 heteroatoms. The Morgan fingerprint density at radius 3 is 2.33 bits per heavy atom. The molecule has 0 unspecified atom stereocenters. The number of halogens is 1. The second-order valence-electron chi connectivity index (χ2n) is 7.23. The first-order chi connectivity index (χ1) is 12.9. The highest BCUT2D eigenvalue weighted by Crippen LogP contribution is 2.23. The lowest BCUT2D eigenvalue weighted by atomic mass is 9.91. The summed E-state index contributed by atoms with van der Waals surface area (Å²) in [4.78, 5) is 23.2. The molecule has 1 fully saturated rings. The van der Waals surface area contributed by atoms with Gasteiger partial charge in [0.2, 0.25) is 0 Å². The smallest absolute Gasteiger partial charge is 0.251 e. The van der Waals surface area contributed by atoms with E-state index in [1.54, 1.807) is 24.3 Å². The van der Waals surface area contributed by atoms with Crippen LogP contribution in [-0.2, 0) is 0 Å². The third-order valence-electron chi connectivity index (χ3n) is 4.80. The van der Waals surface area contributed by atoms with Crippen LogP contribution in [0.2, 0.25) is 5.02 Å². The Morgan fingerprint density at radius 2 is 1.70 bits per heavy atom. The molecule has 1 aliphatic rings. The fraction of sp³-hybridized carbons (Fsp3) is 0.450. The first-order valence-corrected chi connectivity index (χ1v) is 9.64. The number of nitrogens with one attached hydrogen (secondary N) is 2. The predicted molar refractivity (Wildman–Crippen MR) is 110 cm³/mol. The van der Waals surface area contributed by atoms with Gasteiger partial charge in [-0.3, -0.25) is 4.79 Å². The summed E-state index contributed by atoms with van der Waals surface area (Å²) < 4.78 is 0. The molecular formula is C20H26ClN5O. The highest BCUT2D eigenvalue weighted by Gasteiger charge is 2.23. The summed E-state index contributed by atoms with van der Waals surface area (Å²) in [5.41, 5.74) is 0.646. The maximum absolute atomic E-state index is 12.3. The minimum Gasteiger partial charge on any atom is -0.367 e. The summed E-state index contributed by atoms with van der Waals surface area (Å²) in [6.07, 6.45) is 3.88. The van der Waals surface area contributed by atoms with Crippen molar-refractivity contribution < 1.29 is 4.79 Å². The Kier molecular flexibility index (Phi) is 6.16. The Bertz CT molecular complexity index is 785. The van der Waals surface area contributed by atoms with Crippen molar-refractivity contribution in [2.45, 2.75) is 44.7 Å². The van der Waals surface area contributed by atoms with E-state index in [9.17, 15) is 4.79 Å². The predicted octanol–water partition coefficient (Wildman–Crippen LogP) is 3.66. The average Bonchev–Trinajstić information content (AvgIpc) is 2.63. The van der Waals surface area contributed by atoms with E-state index in [1.165, 1.54) is 0 Å². The highest BCUT2D eigenvalue weighted by molar-refractivity contribution is 6.30. The SMILES string of the molecule is Cc1nc(N[C@H]2CC[C@@H](NC(=O)c3ccc(Cl)cc3)CC2)cc(N(C)C)n1. The Morgan fingerprint density at radius 1 is 1.07 bits per heavy atom. The largest absolute Gasteiger partial charge is 0.367 e. The van der Waals surface area contributed by atoms with Gasteiger partial charge >= 0.3 is 0 Å². The van der Waals surface area contributed by atoms with Gasteiger partial charge in [-0.05, 0) is 56.9 Å². The molecule has 0 radical (unpaired) electrons. The molecule has 1 aromatic carbocycles. The lowest BCUT2D eigenvalue weighted by Crippen LogP contribution is -2.40. The first kappa shape index (κ1) is 19.4. The summed E-state index contributed by atoms with van der Waals surface area (Å²) in [5, 5.41) is 7.29. The molecule has 1 heterocycles. The van der Waals surface area contributed by atoms with E-state index in [4.69, 9.17) is 11.6 Å². The quantitative estimate of drug-likeness (QED) is 0.819. The third kappa shape index (κ3) is 5.32. The highest BCUT2D eigenvalue weighted by atomic mass is 35.5. The molecule has 0 aliphatic heterocycles. The van der Waals surface area contributed by atoms with Gasteiger partial charge in [0.1, 0.15) is 17.5 Å². The summed E-state index contributed by atoms with van der Waals surface area (Å²) in [6, 6.07) is 9.52. The number of hydrogen-bond donors (Lipinski definition) is 2. The van der Waals surface area contributed by atoms with Crippen LogP contribution in [0, 0.1) is 6.92 Å². The van der Waals surface area contributed by atoms with Crippen LogP contribution in [-0.4, -0.2) is 42.1 Å². The second kappa shape index (κ2) is 8.57. The average molecular weight is 388 g/mol. The minimum absolute atomic E-state index is 0.0369. The van der Waals surface area contributed by atoms with Gasteiger partial charge in [0, 0.05) is 42.8 Å². The van der Waals surface area contributed by atoms with Gasteiger partial charge in [0.25, 0.3) is 5.91 Å². The number of anilines is 2. The zero-order valence-electron chi connectivity index (χ0n) is 16.0. The second-order valence-corrected chi connectivity index (χ2v) is 7.66. The number of benzene rings is 1. The monoisotopic (exact) mass is 387 g/mol. The zero-order chi connectivity index (χ0) is 19.4. The molecule has 1 amide bonds. The van der Waals surface area contributed by atoms with Gasteiger partial charge in [0.05, 0.1) is 0 Å². The van der Waals surface area contributed by atoms with E-state index in [0.29, 0.717) is 16.6 Å². The van der Waals surface area contributed by atoms with Crippen molar-refractivity contribution >= 4 is 29.1 Å².